The summed E-state index contributed by atoms with van der Waals surface area (Å²) in [5.74, 6) is 0.678. The molecule has 2 aromatic heterocycles. The average Bonchev–Trinajstić information content (AvgIpc) is 2.66. The summed E-state index contributed by atoms with van der Waals surface area (Å²) in [6, 6.07) is 11.8. The third kappa shape index (κ3) is 4.00. The molecule has 0 saturated carbocycles. The molecule has 0 saturated heterocycles. The first-order valence-electron chi connectivity index (χ1n) is 7.97. The van der Waals surface area contributed by atoms with Gasteiger partial charge in [0, 0.05) is 12.3 Å². The first kappa shape index (κ1) is 17.5. The van der Waals surface area contributed by atoms with E-state index in [1.807, 2.05) is 13.0 Å². The number of carbonyl (C=O) groups excluding carboxylic acids is 1. The van der Waals surface area contributed by atoms with Crippen LogP contribution in [0, 0.1) is 6.92 Å². The Kier molecular flexibility index (Phi) is 5.17. The second kappa shape index (κ2) is 7.69. The van der Waals surface area contributed by atoms with Crippen molar-refractivity contribution in [2.75, 3.05) is 13.7 Å². The van der Waals surface area contributed by atoms with E-state index in [1.165, 1.54) is 10.5 Å². The fraction of sp³-hybridized carbons (Fsp3) is 0.211. The minimum atomic E-state index is -0.549. The number of hydrogen-bond acceptors (Lipinski definition) is 6. The first-order chi connectivity index (χ1) is 12.6. The molecule has 0 atom stereocenters. The molecular formula is C19H18N2O5. The first-order valence-corrected chi connectivity index (χ1v) is 7.97. The summed E-state index contributed by atoms with van der Waals surface area (Å²) < 4.78 is 17.0. The highest BCUT2D eigenvalue weighted by atomic mass is 16.6. The van der Waals surface area contributed by atoms with Crippen molar-refractivity contribution in [1.29, 1.82) is 0 Å². The molecule has 0 aliphatic carbocycles. The summed E-state index contributed by atoms with van der Waals surface area (Å²) in [7, 11) is 1.57. The topological polar surface area (TPSA) is 79.1 Å². The molecule has 0 spiro atoms. The summed E-state index contributed by atoms with van der Waals surface area (Å²) in [6.45, 7) is 1.53. The van der Waals surface area contributed by atoms with E-state index in [9.17, 15) is 9.59 Å². The highest BCUT2D eigenvalue weighted by Gasteiger charge is 2.09. The van der Waals surface area contributed by atoms with Crippen LogP contribution in [-0.2, 0) is 16.1 Å². The van der Waals surface area contributed by atoms with E-state index in [0.29, 0.717) is 22.8 Å². The monoisotopic (exact) mass is 354 g/mol. The molecule has 0 radical (unpaired) electrons. The molecule has 3 aromatic rings. The Morgan fingerprint density at radius 3 is 2.62 bits per heavy atom. The van der Waals surface area contributed by atoms with Gasteiger partial charge in [-0.15, -0.1) is 0 Å². The number of methoxy groups -OCH3 is 1. The number of rotatable bonds is 6. The molecule has 0 amide bonds. The quantitative estimate of drug-likeness (QED) is 0.631. The van der Waals surface area contributed by atoms with Gasteiger partial charge in [-0.3, -0.25) is 9.20 Å². The molecule has 0 N–H and O–H groups in total. The van der Waals surface area contributed by atoms with Crippen LogP contribution >= 0.6 is 0 Å². The molecule has 2 heterocycles. The minimum Gasteiger partial charge on any atom is -0.497 e. The third-order valence-electron chi connectivity index (χ3n) is 3.74. The van der Waals surface area contributed by atoms with E-state index in [0.717, 1.165) is 5.56 Å². The fourth-order valence-corrected chi connectivity index (χ4v) is 2.39. The van der Waals surface area contributed by atoms with Crippen molar-refractivity contribution in [1.82, 2.24) is 9.38 Å². The SMILES string of the molecule is COc1ccc(OCC(=O)OCc2cc(=O)n3cccc(C)c3n2)cc1. The smallest absolute Gasteiger partial charge is 0.344 e. The van der Waals surface area contributed by atoms with E-state index in [-0.39, 0.29) is 18.8 Å². The summed E-state index contributed by atoms with van der Waals surface area (Å²) in [4.78, 5) is 28.3. The van der Waals surface area contributed by atoms with Gasteiger partial charge in [-0.25, -0.2) is 9.78 Å². The molecule has 0 aliphatic rings. The van der Waals surface area contributed by atoms with Crippen LogP contribution in [0.3, 0.4) is 0 Å². The van der Waals surface area contributed by atoms with Gasteiger partial charge in [-0.2, -0.15) is 0 Å². The second-order valence-electron chi connectivity index (χ2n) is 5.60. The Labute approximate surface area is 149 Å². The molecule has 0 aliphatic heterocycles. The molecule has 134 valence electrons. The predicted octanol–water partition coefficient (Wildman–Crippen LogP) is 2.13. The Balaban J connectivity index is 1.59. The Morgan fingerprint density at radius 1 is 1.15 bits per heavy atom. The van der Waals surface area contributed by atoms with Crippen LogP contribution in [0.25, 0.3) is 5.65 Å². The molecule has 0 bridgehead atoms. The third-order valence-corrected chi connectivity index (χ3v) is 3.74. The maximum absolute atomic E-state index is 12.1. The summed E-state index contributed by atoms with van der Waals surface area (Å²) in [5, 5.41) is 0. The zero-order valence-electron chi connectivity index (χ0n) is 14.5. The molecule has 1 aromatic carbocycles. The number of ether oxygens (including phenoxy) is 3. The van der Waals surface area contributed by atoms with Crippen molar-refractivity contribution < 1.29 is 19.0 Å². The average molecular weight is 354 g/mol. The Hall–Kier alpha value is -3.35. The normalized spacial score (nSPS) is 10.5. The van der Waals surface area contributed by atoms with Gasteiger partial charge in [0.15, 0.2) is 6.61 Å². The van der Waals surface area contributed by atoms with E-state index < -0.39 is 5.97 Å². The van der Waals surface area contributed by atoms with Crippen molar-refractivity contribution >= 4 is 11.6 Å². The van der Waals surface area contributed by atoms with Crippen LogP contribution < -0.4 is 15.0 Å². The van der Waals surface area contributed by atoms with Crippen molar-refractivity contribution in [3.63, 3.8) is 0 Å². The molecule has 7 nitrogen and oxygen atoms in total. The highest BCUT2D eigenvalue weighted by molar-refractivity contribution is 5.71. The zero-order chi connectivity index (χ0) is 18.5. The standard InChI is InChI=1S/C19H18N2O5/c1-13-4-3-9-21-17(22)10-14(20-19(13)21)11-26-18(23)12-25-16-7-5-15(24-2)6-8-16/h3-10H,11-12H2,1-2H3. The van der Waals surface area contributed by atoms with E-state index in [2.05, 4.69) is 4.98 Å². The van der Waals surface area contributed by atoms with E-state index in [4.69, 9.17) is 14.2 Å². The molecule has 0 fully saturated rings. The number of aryl methyl sites for hydroxylation is 1. The Morgan fingerprint density at radius 2 is 1.88 bits per heavy atom. The lowest BCUT2D eigenvalue weighted by Gasteiger charge is -2.08. The van der Waals surface area contributed by atoms with Crippen molar-refractivity contribution in [3.8, 4) is 11.5 Å². The van der Waals surface area contributed by atoms with Gasteiger partial charge in [-0.1, -0.05) is 6.07 Å². The highest BCUT2D eigenvalue weighted by Crippen LogP contribution is 2.16. The van der Waals surface area contributed by atoms with E-state index >= 15 is 0 Å². The van der Waals surface area contributed by atoms with Crippen LogP contribution in [0.4, 0.5) is 0 Å². The summed E-state index contributed by atoms with van der Waals surface area (Å²) in [5.41, 5.74) is 1.57. The zero-order valence-corrected chi connectivity index (χ0v) is 14.5. The lowest BCUT2D eigenvalue weighted by molar-refractivity contribution is -0.147. The van der Waals surface area contributed by atoms with Crippen LogP contribution in [0.2, 0.25) is 0 Å². The van der Waals surface area contributed by atoms with Crippen LogP contribution in [0.5, 0.6) is 11.5 Å². The molecule has 26 heavy (non-hydrogen) atoms. The van der Waals surface area contributed by atoms with Gasteiger partial charge in [0.25, 0.3) is 5.56 Å². The Bertz CT molecular complexity index is 979. The molecule has 3 rings (SSSR count). The van der Waals surface area contributed by atoms with Gasteiger partial charge < -0.3 is 14.2 Å². The second-order valence-corrected chi connectivity index (χ2v) is 5.60. The van der Waals surface area contributed by atoms with Gasteiger partial charge in [0.05, 0.1) is 12.8 Å². The largest absolute Gasteiger partial charge is 0.497 e. The minimum absolute atomic E-state index is 0.0924. The predicted molar refractivity (Wildman–Crippen MR) is 94.5 cm³/mol. The lowest BCUT2D eigenvalue weighted by Crippen LogP contribution is -2.19. The maximum Gasteiger partial charge on any atom is 0.344 e. The number of nitrogens with zero attached hydrogens (tertiary/aromatic N) is 2. The number of carbonyl (C=O) groups is 1. The van der Waals surface area contributed by atoms with Gasteiger partial charge in [0.2, 0.25) is 0 Å². The number of aromatic nitrogens is 2. The van der Waals surface area contributed by atoms with Crippen molar-refractivity contribution in [3.05, 3.63) is 70.3 Å². The number of pyridine rings is 1. The van der Waals surface area contributed by atoms with E-state index in [1.54, 1.807) is 43.6 Å². The van der Waals surface area contributed by atoms with Crippen LogP contribution in [0.1, 0.15) is 11.3 Å². The molecule has 0 unspecified atom stereocenters. The maximum atomic E-state index is 12.1. The van der Waals surface area contributed by atoms with Gasteiger partial charge in [-0.05, 0) is 42.8 Å². The number of hydrogen-bond donors (Lipinski definition) is 0. The number of fused-ring (bicyclic) bond motifs is 1. The summed E-state index contributed by atoms with van der Waals surface area (Å²) in [6.07, 6.45) is 1.65. The lowest BCUT2D eigenvalue weighted by atomic mass is 10.3. The number of esters is 1. The van der Waals surface area contributed by atoms with Crippen molar-refractivity contribution in [2.45, 2.75) is 13.5 Å². The number of benzene rings is 1. The van der Waals surface area contributed by atoms with Gasteiger partial charge in [0.1, 0.15) is 23.8 Å². The van der Waals surface area contributed by atoms with Gasteiger partial charge >= 0.3 is 5.97 Å². The molecule has 7 heteroatoms. The van der Waals surface area contributed by atoms with Crippen molar-refractivity contribution in [2.24, 2.45) is 0 Å². The molecular weight excluding hydrogens is 336 g/mol. The fourth-order valence-electron chi connectivity index (χ4n) is 2.39. The van der Waals surface area contributed by atoms with Crippen LogP contribution in [-0.4, -0.2) is 29.1 Å². The van der Waals surface area contributed by atoms with Crippen LogP contribution in [0.15, 0.2) is 53.5 Å². The summed E-state index contributed by atoms with van der Waals surface area (Å²) >= 11 is 0.